The number of rotatable bonds is 4. The van der Waals surface area contributed by atoms with Crippen molar-refractivity contribution in [3.8, 4) is 0 Å². The van der Waals surface area contributed by atoms with Gasteiger partial charge in [-0.25, -0.2) is 4.79 Å². The normalized spacial score (nSPS) is 12.2. The Labute approximate surface area is 135 Å². The third-order valence-electron chi connectivity index (χ3n) is 3.55. The van der Waals surface area contributed by atoms with Crippen LogP contribution in [0.15, 0.2) is 30.3 Å². The number of aromatic nitrogens is 1. The van der Waals surface area contributed by atoms with Crippen LogP contribution < -0.4 is 0 Å². The van der Waals surface area contributed by atoms with Crippen LogP contribution in [-0.2, 0) is 10.8 Å². The Hall–Kier alpha value is -1.59. The Morgan fingerprint density at radius 2 is 2.00 bits per heavy atom. The number of ether oxygens (including phenoxy) is 1. The second-order valence-electron chi connectivity index (χ2n) is 6.72. The van der Waals surface area contributed by atoms with E-state index in [-0.39, 0.29) is 5.97 Å². The van der Waals surface area contributed by atoms with Crippen molar-refractivity contribution in [2.45, 2.75) is 32.6 Å². The summed E-state index contributed by atoms with van der Waals surface area (Å²) in [7, 11) is -1.26. The summed E-state index contributed by atoms with van der Waals surface area (Å²) in [6.07, 6.45) is 0. The summed E-state index contributed by atoms with van der Waals surface area (Å²) in [5.74, 6) is -0.233. The van der Waals surface area contributed by atoms with E-state index in [1.54, 1.807) is 11.3 Å². The molecule has 0 amide bonds. The third kappa shape index (κ3) is 2.71. The van der Waals surface area contributed by atoms with Crippen molar-refractivity contribution in [1.82, 2.24) is 4.40 Å². The van der Waals surface area contributed by atoms with Crippen LogP contribution in [0.25, 0.3) is 15.0 Å². The molecule has 2 heterocycles. The van der Waals surface area contributed by atoms with E-state index in [9.17, 15) is 4.79 Å². The molecule has 0 aliphatic carbocycles. The predicted octanol–water partition coefficient (Wildman–Crippen LogP) is 4.75. The number of para-hydroxylation sites is 1. The van der Waals surface area contributed by atoms with Crippen LogP contribution in [-0.4, -0.2) is 25.1 Å². The van der Waals surface area contributed by atoms with Gasteiger partial charge in [-0.2, -0.15) is 0 Å². The average Bonchev–Trinajstić information content (AvgIpc) is 2.96. The van der Waals surface area contributed by atoms with E-state index in [1.807, 2.05) is 25.1 Å². The summed E-state index contributed by atoms with van der Waals surface area (Å²) in [5.41, 5.74) is 3.03. The number of fused-ring (bicyclic) bond motifs is 3. The maximum Gasteiger partial charge on any atom is 0.355 e. The molecule has 116 valence electrons. The summed E-state index contributed by atoms with van der Waals surface area (Å²) >= 11 is 1.76. The highest BCUT2D eigenvalue weighted by Gasteiger charge is 2.23. The second kappa shape index (κ2) is 5.55. The Bertz CT molecular complexity index is 841. The minimum atomic E-state index is -1.26. The molecule has 0 radical (unpaired) electrons. The molecule has 0 N–H and O–H groups in total. The van der Waals surface area contributed by atoms with Gasteiger partial charge < -0.3 is 4.74 Å². The number of benzene rings is 1. The Kier molecular flexibility index (Phi) is 3.86. The molecule has 3 aromatic rings. The van der Waals surface area contributed by atoms with Gasteiger partial charge in [0.1, 0.15) is 10.5 Å². The number of carbonyl (C=O) groups excluding carboxylic acids is 1. The van der Waals surface area contributed by atoms with Crippen LogP contribution in [0.3, 0.4) is 0 Å². The number of esters is 1. The van der Waals surface area contributed by atoms with Gasteiger partial charge >= 0.3 is 5.97 Å². The molecule has 0 saturated heterocycles. The standard InChI is InChI=1S/C17H21NO2SSi/c1-5-20-17(19)14-10-12(11-22(2,3)4)16-18(14)13-8-6-7-9-15(13)21-16/h6-10H,5,11H2,1-4H3. The quantitative estimate of drug-likeness (QED) is 0.510. The lowest BCUT2D eigenvalue weighted by atomic mass is 10.3. The second-order valence-corrected chi connectivity index (χ2v) is 13.2. The maximum atomic E-state index is 12.4. The maximum absolute atomic E-state index is 12.4. The fraction of sp³-hybridized carbons (Fsp3) is 0.353. The summed E-state index contributed by atoms with van der Waals surface area (Å²) in [6.45, 7) is 9.31. The molecule has 22 heavy (non-hydrogen) atoms. The van der Waals surface area contributed by atoms with Gasteiger partial charge in [-0.05, 0) is 36.7 Å². The average molecular weight is 332 g/mol. The van der Waals surface area contributed by atoms with Gasteiger partial charge in [0.2, 0.25) is 0 Å². The number of hydrogen-bond acceptors (Lipinski definition) is 3. The molecule has 0 bridgehead atoms. The SMILES string of the molecule is CCOC(=O)c1cc(C[Si](C)(C)C)c2sc3ccccc3n12. The Morgan fingerprint density at radius 1 is 1.27 bits per heavy atom. The van der Waals surface area contributed by atoms with Gasteiger partial charge in [0.15, 0.2) is 0 Å². The molecule has 0 aliphatic rings. The van der Waals surface area contributed by atoms with E-state index < -0.39 is 8.07 Å². The minimum Gasteiger partial charge on any atom is -0.461 e. The van der Waals surface area contributed by atoms with Gasteiger partial charge in [-0.15, -0.1) is 11.3 Å². The lowest BCUT2D eigenvalue weighted by Crippen LogP contribution is -2.23. The van der Waals surface area contributed by atoms with Crippen molar-refractivity contribution in [3.05, 3.63) is 41.6 Å². The van der Waals surface area contributed by atoms with Crippen molar-refractivity contribution in [2.24, 2.45) is 0 Å². The minimum absolute atomic E-state index is 0.233. The van der Waals surface area contributed by atoms with Crippen molar-refractivity contribution in [3.63, 3.8) is 0 Å². The summed E-state index contributed by atoms with van der Waals surface area (Å²) in [4.78, 5) is 13.5. The van der Waals surface area contributed by atoms with Gasteiger partial charge in [0.25, 0.3) is 0 Å². The van der Waals surface area contributed by atoms with Crippen molar-refractivity contribution >= 4 is 40.4 Å². The Balaban J connectivity index is 2.27. The fourth-order valence-electron chi connectivity index (χ4n) is 2.78. The summed E-state index contributed by atoms with van der Waals surface area (Å²) in [6, 6.07) is 11.3. The number of hydrogen-bond donors (Lipinski definition) is 0. The smallest absolute Gasteiger partial charge is 0.355 e. The highest BCUT2D eigenvalue weighted by molar-refractivity contribution is 7.24. The third-order valence-corrected chi connectivity index (χ3v) is 6.19. The first kappa shape index (κ1) is 15.3. The molecule has 0 saturated carbocycles. The molecule has 3 nitrogen and oxygen atoms in total. The van der Waals surface area contributed by atoms with Crippen LogP contribution in [0.1, 0.15) is 23.0 Å². The fourth-order valence-corrected chi connectivity index (χ4v) is 5.49. The van der Waals surface area contributed by atoms with E-state index >= 15 is 0 Å². The lowest BCUT2D eigenvalue weighted by Gasteiger charge is -2.14. The topological polar surface area (TPSA) is 30.7 Å². The molecule has 0 fully saturated rings. The number of carbonyl (C=O) groups is 1. The van der Waals surface area contributed by atoms with Gasteiger partial charge in [0, 0.05) is 8.07 Å². The molecule has 2 aromatic heterocycles. The van der Waals surface area contributed by atoms with Gasteiger partial charge in [-0.3, -0.25) is 4.40 Å². The van der Waals surface area contributed by atoms with Crippen LogP contribution >= 0.6 is 11.3 Å². The van der Waals surface area contributed by atoms with E-state index in [0.717, 1.165) is 11.6 Å². The first-order valence-electron chi connectivity index (χ1n) is 7.59. The van der Waals surface area contributed by atoms with Crippen LogP contribution in [0.2, 0.25) is 19.6 Å². The number of thiazole rings is 1. The zero-order valence-corrected chi connectivity index (χ0v) is 15.3. The largest absolute Gasteiger partial charge is 0.461 e. The lowest BCUT2D eigenvalue weighted by molar-refractivity contribution is 0.0519. The van der Waals surface area contributed by atoms with Crippen molar-refractivity contribution in [2.75, 3.05) is 6.61 Å². The molecular formula is C17H21NO2SSi. The molecule has 0 aliphatic heterocycles. The van der Waals surface area contributed by atoms with Gasteiger partial charge in [0.05, 0.1) is 16.8 Å². The molecule has 0 unspecified atom stereocenters. The van der Waals surface area contributed by atoms with E-state index in [4.69, 9.17) is 4.74 Å². The molecule has 0 atom stereocenters. The van der Waals surface area contributed by atoms with E-state index in [2.05, 4.69) is 36.2 Å². The van der Waals surface area contributed by atoms with Crippen molar-refractivity contribution in [1.29, 1.82) is 0 Å². The molecule has 5 heteroatoms. The van der Waals surface area contributed by atoms with Gasteiger partial charge in [-0.1, -0.05) is 31.8 Å². The molecular weight excluding hydrogens is 310 g/mol. The highest BCUT2D eigenvalue weighted by Crippen LogP contribution is 2.33. The zero-order chi connectivity index (χ0) is 15.9. The monoisotopic (exact) mass is 331 g/mol. The number of nitrogens with zero attached hydrogens (tertiary/aromatic N) is 1. The Morgan fingerprint density at radius 3 is 2.68 bits per heavy atom. The predicted molar refractivity (Wildman–Crippen MR) is 95.8 cm³/mol. The zero-order valence-electron chi connectivity index (χ0n) is 13.5. The molecule has 0 spiro atoms. The van der Waals surface area contributed by atoms with Crippen molar-refractivity contribution < 1.29 is 9.53 Å². The van der Waals surface area contributed by atoms with E-state index in [1.165, 1.54) is 15.1 Å². The molecule has 3 rings (SSSR count). The van der Waals surface area contributed by atoms with E-state index in [0.29, 0.717) is 12.3 Å². The summed E-state index contributed by atoms with van der Waals surface area (Å²) in [5, 5.41) is 0. The van der Waals surface area contributed by atoms with Crippen LogP contribution in [0, 0.1) is 0 Å². The highest BCUT2D eigenvalue weighted by atomic mass is 32.1. The van der Waals surface area contributed by atoms with Crippen LogP contribution in [0.4, 0.5) is 0 Å². The molecule has 1 aromatic carbocycles. The first-order valence-corrected chi connectivity index (χ1v) is 12.1. The summed E-state index contributed by atoms with van der Waals surface area (Å²) < 4.78 is 8.54. The first-order chi connectivity index (χ1) is 10.4. The van der Waals surface area contributed by atoms with Crippen LogP contribution in [0.5, 0.6) is 0 Å².